The lowest BCUT2D eigenvalue weighted by Gasteiger charge is -2.06. The summed E-state index contributed by atoms with van der Waals surface area (Å²) in [6.07, 6.45) is 5.26. The van der Waals surface area contributed by atoms with Crippen molar-refractivity contribution in [3.8, 4) is 17.1 Å². The topological polar surface area (TPSA) is 52.8 Å². The number of ether oxygens (including phenoxy) is 1. The second kappa shape index (κ2) is 4.35. The van der Waals surface area contributed by atoms with E-state index in [0.29, 0.717) is 5.75 Å². The maximum absolute atomic E-state index is 5.34. The van der Waals surface area contributed by atoms with E-state index in [1.807, 2.05) is 36.9 Å². The zero-order valence-electron chi connectivity index (χ0n) is 11.1. The Bertz CT molecular complexity index is 748. The monoisotopic (exact) mass is 254 g/mol. The van der Waals surface area contributed by atoms with E-state index in [1.54, 1.807) is 19.5 Å². The van der Waals surface area contributed by atoms with Crippen molar-refractivity contribution in [2.75, 3.05) is 7.11 Å². The molecular weight excluding hydrogens is 240 g/mol. The van der Waals surface area contributed by atoms with Gasteiger partial charge in [-0.1, -0.05) is 0 Å². The summed E-state index contributed by atoms with van der Waals surface area (Å²) in [5.74, 6) is 1.53. The van der Waals surface area contributed by atoms with Gasteiger partial charge < -0.3 is 9.30 Å². The predicted octanol–water partition coefficient (Wildman–Crippen LogP) is 2.35. The molecule has 5 heteroatoms. The first-order valence-corrected chi connectivity index (χ1v) is 5.98. The van der Waals surface area contributed by atoms with Crippen molar-refractivity contribution in [2.45, 2.75) is 6.92 Å². The summed E-state index contributed by atoms with van der Waals surface area (Å²) in [5, 5.41) is 0. The highest BCUT2D eigenvalue weighted by atomic mass is 16.5. The number of fused-ring (bicyclic) bond motifs is 1. The van der Waals surface area contributed by atoms with Crippen molar-refractivity contribution < 1.29 is 4.74 Å². The molecule has 0 saturated carbocycles. The highest BCUT2D eigenvalue weighted by Crippen LogP contribution is 2.29. The molecule has 19 heavy (non-hydrogen) atoms. The highest BCUT2D eigenvalue weighted by molar-refractivity contribution is 5.79. The third kappa shape index (κ3) is 1.83. The van der Waals surface area contributed by atoms with Crippen LogP contribution in [0.2, 0.25) is 0 Å². The Kier molecular flexibility index (Phi) is 2.67. The molecule has 96 valence electrons. The van der Waals surface area contributed by atoms with E-state index in [1.165, 1.54) is 0 Å². The van der Waals surface area contributed by atoms with Gasteiger partial charge in [-0.25, -0.2) is 9.97 Å². The minimum Gasteiger partial charge on any atom is -0.494 e. The van der Waals surface area contributed by atoms with E-state index >= 15 is 0 Å². The number of hydrogen-bond donors (Lipinski definition) is 0. The number of aryl methyl sites for hydroxylation is 2. The second-order valence-electron chi connectivity index (χ2n) is 4.43. The number of nitrogens with zero attached hydrogens (tertiary/aromatic N) is 4. The van der Waals surface area contributed by atoms with Crippen LogP contribution in [0.3, 0.4) is 0 Å². The van der Waals surface area contributed by atoms with Crippen LogP contribution in [0.4, 0.5) is 0 Å². The molecule has 0 aromatic carbocycles. The smallest absolute Gasteiger partial charge is 0.160 e. The van der Waals surface area contributed by atoms with Crippen molar-refractivity contribution >= 4 is 11.2 Å². The molecule has 3 aromatic rings. The van der Waals surface area contributed by atoms with Crippen LogP contribution in [-0.4, -0.2) is 26.6 Å². The third-order valence-corrected chi connectivity index (χ3v) is 3.09. The molecule has 0 unspecified atom stereocenters. The molecule has 0 radical (unpaired) electrons. The molecule has 0 fully saturated rings. The van der Waals surface area contributed by atoms with Gasteiger partial charge in [0.2, 0.25) is 0 Å². The standard InChI is InChI=1S/C14H14N4O/c1-9-6-11-14(16-7-9)18(2)13(17-11)10-4-5-15-8-12(10)19-3/h4-8H,1-3H3. The first kappa shape index (κ1) is 11.6. The Morgan fingerprint density at radius 3 is 2.89 bits per heavy atom. The van der Waals surface area contributed by atoms with E-state index < -0.39 is 0 Å². The van der Waals surface area contributed by atoms with Gasteiger partial charge in [-0.05, 0) is 24.6 Å². The fourth-order valence-electron chi connectivity index (χ4n) is 2.14. The Morgan fingerprint density at radius 2 is 2.11 bits per heavy atom. The van der Waals surface area contributed by atoms with Gasteiger partial charge in [0.25, 0.3) is 0 Å². The van der Waals surface area contributed by atoms with Gasteiger partial charge in [0, 0.05) is 19.4 Å². The van der Waals surface area contributed by atoms with E-state index in [2.05, 4.69) is 15.0 Å². The van der Waals surface area contributed by atoms with E-state index in [0.717, 1.165) is 28.1 Å². The zero-order valence-corrected chi connectivity index (χ0v) is 11.1. The molecule has 3 heterocycles. The number of imidazole rings is 1. The lowest BCUT2D eigenvalue weighted by atomic mass is 10.2. The Balaban J connectivity index is 2.28. The van der Waals surface area contributed by atoms with Crippen molar-refractivity contribution in [3.05, 3.63) is 36.3 Å². The largest absolute Gasteiger partial charge is 0.494 e. The molecule has 0 saturated heterocycles. The zero-order chi connectivity index (χ0) is 13.4. The Labute approximate surface area is 110 Å². The summed E-state index contributed by atoms with van der Waals surface area (Å²) >= 11 is 0. The first-order chi connectivity index (χ1) is 9.20. The van der Waals surface area contributed by atoms with Gasteiger partial charge in [-0.2, -0.15) is 0 Å². The number of hydrogen-bond acceptors (Lipinski definition) is 4. The van der Waals surface area contributed by atoms with Gasteiger partial charge in [0.05, 0.1) is 18.9 Å². The van der Waals surface area contributed by atoms with Crippen molar-refractivity contribution in [2.24, 2.45) is 7.05 Å². The van der Waals surface area contributed by atoms with Crippen LogP contribution in [0.1, 0.15) is 5.56 Å². The third-order valence-electron chi connectivity index (χ3n) is 3.09. The summed E-state index contributed by atoms with van der Waals surface area (Å²) in [4.78, 5) is 13.1. The maximum atomic E-state index is 5.34. The van der Waals surface area contributed by atoms with Crippen LogP contribution in [-0.2, 0) is 7.05 Å². The van der Waals surface area contributed by atoms with Crippen LogP contribution >= 0.6 is 0 Å². The summed E-state index contributed by atoms with van der Waals surface area (Å²) in [7, 11) is 3.58. The average molecular weight is 254 g/mol. The Morgan fingerprint density at radius 1 is 1.26 bits per heavy atom. The average Bonchev–Trinajstić information content (AvgIpc) is 2.75. The van der Waals surface area contributed by atoms with Gasteiger partial charge in [-0.3, -0.25) is 4.98 Å². The van der Waals surface area contributed by atoms with Crippen LogP contribution in [0, 0.1) is 6.92 Å². The van der Waals surface area contributed by atoms with Crippen molar-refractivity contribution in [1.29, 1.82) is 0 Å². The SMILES string of the molecule is COc1cnccc1-c1nc2cc(C)cnc2n1C. The quantitative estimate of drug-likeness (QED) is 0.704. The minimum absolute atomic E-state index is 0.706. The molecular formula is C14H14N4O. The van der Waals surface area contributed by atoms with Gasteiger partial charge in [-0.15, -0.1) is 0 Å². The minimum atomic E-state index is 0.706. The molecule has 0 bridgehead atoms. The number of aromatic nitrogens is 4. The number of rotatable bonds is 2. The molecule has 0 N–H and O–H groups in total. The van der Waals surface area contributed by atoms with Crippen LogP contribution in [0.5, 0.6) is 5.75 Å². The lowest BCUT2D eigenvalue weighted by Crippen LogP contribution is -1.96. The second-order valence-corrected chi connectivity index (χ2v) is 4.43. The summed E-state index contributed by atoms with van der Waals surface area (Å²) < 4.78 is 7.30. The van der Waals surface area contributed by atoms with E-state index in [-0.39, 0.29) is 0 Å². The molecule has 3 aromatic heterocycles. The molecule has 0 spiro atoms. The van der Waals surface area contributed by atoms with Gasteiger partial charge in [0.1, 0.15) is 17.1 Å². The van der Waals surface area contributed by atoms with Crippen molar-refractivity contribution in [1.82, 2.24) is 19.5 Å². The first-order valence-electron chi connectivity index (χ1n) is 5.98. The van der Waals surface area contributed by atoms with Crippen LogP contribution in [0.15, 0.2) is 30.7 Å². The molecule has 0 aliphatic heterocycles. The predicted molar refractivity (Wildman–Crippen MR) is 73.0 cm³/mol. The molecule has 0 aliphatic carbocycles. The Hall–Kier alpha value is -2.43. The van der Waals surface area contributed by atoms with Crippen LogP contribution in [0.25, 0.3) is 22.6 Å². The van der Waals surface area contributed by atoms with Gasteiger partial charge in [0.15, 0.2) is 5.65 Å². The fraction of sp³-hybridized carbons (Fsp3) is 0.214. The van der Waals surface area contributed by atoms with Crippen LogP contribution < -0.4 is 4.74 Å². The highest BCUT2D eigenvalue weighted by Gasteiger charge is 2.14. The number of pyridine rings is 2. The van der Waals surface area contributed by atoms with Gasteiger partial charge >= 0.3 is 0 Å². The summed E-state index contributed by atoms with van der Waals surface area (Å²) in [5.41, 5.74) is 3.75. The molecule has 5 nitrogen and oxygen atoms in total. The number of methoxy groups -OCH3 is 1. The summed E-state index contributed by atoms with van der Waals surface area (Å²) in [6, 6.07) is 3.92. The molecule has 0 aliphatic rings. The maximum Gasteiger partial charge on any atom is 0.160 e. The van der Waals surface area contributed by atoms with E-state index in [9.17, 15) is 0 Å². The molecule has 3 rings (SSSR count). The molecule has 0 amide bonds. The summed E-state index contributed by atoms with van der Waals surface area (Å²) in [6.45, 7) is 2.01. The fourth-order valence-corrected chi connectivity index (χ4v) is 2.14. The van der Waals surface area contributed by atoms with E-state index in [4.69, 9.17) is 4.74 Å². The lowest BCUT2D eigenvalue weighted by molar-refractivity contribution is 0.414. The van der Waals surface area contributed by atoms with Crippen molar-refractivity contribution in [3.63, 3.8) is 0 Å². The molecule has 0 atom stereocenters. The normalized spacial score (nSPS) is 10.9.